The van der Waals surface area contributed by atoms with Crippen LogP contribution in [0.4, 0.5) is 0 Å². The lowest BCUT2D eigenvalue weighted by atomic mass is 10.1. The molecular weight excluding hydrogens is 294 g/mol. The largest absolute Gasteiger partial charge is 0.489 e. The van der Waals surface area contributed by atoms with Crippen LogP contribution in [0.1, 0.15) is 18.1 Å². The summed E-state index contributed by atoms with van der Waals surface area (Å²) in [5.41, 5.74) is 2.40. The molecule has 3 nitrogen and oxygen atoms in total. The van der Waals surface area contributed by atoms with E-state index in [4.69, 9.17) is 9.47 Å². The fourth-order valence-corrected chi connectivity index (χ4v) is 1.96. The molecule has 1 N–H and O–H groups in total. The second-order valence-electron chi connectivity index (χ2n) is 4.50. The summed E-state index contributed by atoms with van der Waals surface area (Å²) in [6.07, 6.45) is 0.141. The third-order valence-corrected chi connectivity index (χ3v) is 3.91. The van der Waals surface area contributed by atoms with Gasteiger partial charge in [-0.15, -0.1) is 0 Å². The summed E-state index contributed by atoms with van der Waals surface area (Å²) >= 11 is 3.56. The quantitative estimate of drug-likeness (QED) is 0.784. The van der Waals surface area contributed by atoms with Gasteiger partial charge in [0, 0.05) is 24.7 Å². The molecule has 0 aliphatic carbocycles. The van der Waals surface area contributed by atoms with Gasteiger partial charge in [-0.05, 0) is 44.0 Å². The maximum Gasteiger partial charge on any atom is 0.120 e. The SMILES string of the molecule is COCCNCC(C)Oc1cc(C)c(Br)c(C)c1. The minimum Gasteiger partial charge on any atom is -0.489 e. The Bertz CT molecular complexity index is 359. The van der Waals surface area contributed by atoms with Crippen LogP contribution in [0.5, 0.6) is 5.75 Å². The Morgan fingerprint density at radius 2 is 1.89 bits per heavy atom. The number of rotatable bonds is 7. The van der Waals surface area contributed by atoms with Crippen molar-refractivity contribution in [2.45, 2.75) is 26.9 Å². The Hall–Kier alpha value is -0.580. The molecule has 102 valence electrons. The van der Waals surface area contributed by atoms with Gasteiger partial charge in [0.2, 0.25) is 0 Å². The Morgan fingerprint density at radius 1 is 1.28 bits per heavy atom. The van der Waals surface area contributed by atoms with E-state index in [2.05, 4.69) is 54.2 Å². The highest BCUT2D eigenvalue weighted by molar-refractivity contribution is 9.10. The summed E-state index contributed by atoms with van der Waals surface area (Å²) in [4.78, 5) is 0. The average Bonchev–Trinajstić information content (AvgIpc) is 2.31. The third-order valence-electron chi connectivity index (χ3n) is 2.66. The van der Waals surface area contributed by atoms with Crippen LogP contribution in [0.3, 0.4) is 0 Å². The van der Waals surface area contributed by atoms with Crippen LogP contribution in [0.2, 0.25) is 0 Å². The molecule has 1 aromatic rings. The molecule has 1 rings (SSSR count). The van der Waals surface area contributed by atoms with E-state index in [1.807, 2.05) is 0 Å². The summed E-state index contributed by atoms with van der Waals surface area (Å²) in [7, 11) is 1.70. The fraction of sp³-hybridized carbons (Fsp3) is 0.571. The molecule has 1 unspecified atom stereocenters. The molecular formula is C14H22BrNO2. The van der Waals surface area contributed by atoms with Crippen LogP contribution < -0.4 is 10.1 Å². The number of halogens is 1. The molecule has 0 saturated carbocycles. The first kappa shape index (κ1) is 15.5. The van der Waals surface area contributed by atoms with Crippen molar-refractivity contribution in [3.8, 4) is 5.75 Å². The van der Waals surface area contributed by atoms with Gasteiger partial charge in [-0.25, -0.2) is 0 Å². The maximum absolute atomic E-state index is 5.89. The third kappa shape index (κ3) is 4.96. The van der Waals surface area contributed by atoms with Gasteiger partial charge in [-0.1, -0.05) is 15.9 Å². The van der Waals surface area contributed by atoms with Crippen LogP contribution in [-0.2, 0) is 4.74 Å². The molecule has 0 bridgehead atoms. The lowest BCUT2D eigenvalue weighted by molar-refractivity contribution is 0.184. The molecule has 0 aliphatic rings. The van der Waals surface area contributed by atoms with Crippen LogP contribution >= 0.6 is 15.9 Å². The van der Waals surface area contributed by atoms with Crippen LogP contribution in [0.25, 0.3) is 0 Å². The molecule has 1 aromatic carbocycles. The highest BCUT2D eigenvalue weighted by atomic mass is 79.9. The van der Waals surface area contributed by atoms with Crippen LogP contribution in [-0.4, -0.2) is 32.9 Å². The molecule has 0 spiro atoms. The number of hydrogen-bond donors (Lipinski definition) is 1. The molecule has 0 heterocycles. The predicted molar refractivity (Wildman–Crippen MR) is 78.5 cm³/mol. The number of ether oxygens (including phenoxy) is 2. The van der Waals surface area contributed by atoms with Crippen molar-refractivity contribution in [1.29, 1.82) is 0 Å². The van der Waals surface area contributed by atoms with Crippen molar-refractivity contribution in [3.63, 3.8) is 0 Å². The number of hydrogen-bond acceptors (Lipinski definition) is 3. The Kier molecular flexibility index (Phi) is 6.68. The van der Waals surface area contributed by atoms with E-state index in [9.17, 15) is 0 Å². The van der Waals surface area contributed by atoms with E-state index >= 15 is 0 Å². The summed E-state index contributed by atoms with van der Waals surface area (Å²) < 4.78 is 12.0. The first-order valence-electron chi connectivity index (χ1n) is 6.17. The highest BCUT2D eigenvalue weighted by Crippen LogP contribution is 2.26. The number of benzene rings is 1. The van der Waals surface area contributed by atoms with Crippen molar-refractivity contribution < 1.29 is 9.47 Å². The second kappa shape index (κ2) is 7.77. The summed E-state index contributed by atoms with van der Waals surface area (Å²) in [6.45, 7) is 8.60. The zero-order valence-corrected chi connectivity index (χ0v) is 13.1. The molecule has 0 aliphatic heterocycles. The normalized spacial score (nSPS) is 12.5. The smallest absolute Gasteiger partial charge is 0.120 e. The molecule has 4 heteroatoms. The lowest BCUT2D eigenvalue weighted by Gasteiger charge is -2.17. The lowest BCUT2D eigenvalue weighted by Crippen LogP contribution is -2.31. The molecule has 1 atom stereocenters. The Morgan fingerprint density at radius 3 is 2.44 bits per heavy atom. The number of nitrogens with one attached hydrogen (secondary N) is 1. The Balaban J connectivity index is 2.46. The number of methoxy groups -OCH3 is 1. The summed E-state index contributed by atoms with van der Waals surface area (Å²) in [6, 6.07) is 4.12. The summed E-state index contributed by atoms with van der Waals surface area (Å²) in [5, 5.41) is 3.29. The molecule has 0 aromatic heterocycles. The van der Waals surface area contributed by atoms with E-state index in [0.29, 0.717) is 0 Å². The fourth-order valence-electron chi connectivity index (χ4n) is 1.73. The van der Waals surface area contributed by atoms with E-state index < -0.39 is 0 Å². The molecule has 0 amide bonds. The van der Waals surface area contributed by atoms with Crippen LogP contribution in [0, 0.1) is 13.8 Å². The molecule has 18 heavy (non-hydrogen) atoms. The van der Waals surface area contributed by atoms with Crippen molar-refractivity contribution in [1.82, 2.24) is 5.32 Å². The monoisotopic (exact) mass is 315 g/mol. The topological polar surface area (TPSA) is 30.5 Å². The second-order valence-corrected chi connectivity index (χ2v) is 5.29. The minimum absolute atomic E-state index is 0.141. The first-order valence-corrected chi connectivity index (χ1v) is 6.97. The van der Waals surface area contributed by atoms with Gasteiger partial charge >= 0.3 is 0 Å². The van der Waals surface area contributed by atoms with Crippen molar-refractivity contribution in [2.24, 2.45) is 0 Å². The van der Waals surface area contributed by atoms with E-state index in [1.165, 1.54) is 11.1 Å². The molecule has 0 radical (unpaired) electrons. The van der Waals surface area contributed by atoms with E-state index in [-0.39, 0.29) is 6.10 Å². The number of aryl methyl sites for hydroxylation is 2. The minimum atomic E-state index is 0.141. The molecule has 0 saturated heterocycles. The standard InChI is InChI=1S/C14H22BrNO2/c1-10-7-13(8-11(2)14(10)15)18-12(3)9-16-5-6-17-4/h7-8,12,16H,5-6,9H2,1-4H3. The van der Waals surface area contributed by atoms with Crippen molar-refractivity contribution in [3.05, 3.63) is 27.7 Å². The van der Waals surface area contributed by atoms with E-state index in [1.54, 1.807) is 7.11 Å². The van der Waals surface area contributed by atoms with E-state index in [0.717, 1.165) is 29.9 Å². The van der Waals surface area contributed by atoms with Gasteiger partial charge in [0.1, 0.15) is 11.9 Å². The Labute approximate surface area is 118 Å². The summed E-state index contributed by atoms with van der Waals surface area (Å²) in [5.74, 6) is 0.925. The van der Waals surface area contributed by atoms with Crippen LogP contribution in [0.15, 0.2) is 16.6 Å². The first-order chi connectivity index (χ1) is 8.54. The van der Waals surface area contributed by atoms with Crippen molar-refractivity contribution in [2.75, 3.05) is 26.8 Å². The van der Waals surface area contributed by atoms with Crippen molar-refractivity contribution >= 4 is 15.9 Å². The van der Waals surface area contributed by atoms with Gasteiger partial charge in [0.05, 0.1) is 6.61 Å². The van der Waals surface area contributed by atoms with Gasteiger partial charge in [0.15, 0.2) is 0 Å². The molecule has 0 fully saturated rings. The maximum atomic E-state index is 5.89. The van der Waals surface area contributed by atoms with Gasteiger partial charge in [0.25, 0.3) is 0 Å². The van der Waals surface area contributed by atoms with Gasteiger partial charge in [-0.3, -0.25) is 0 Å². The van der Waals surface area contributed by atoms with Gasteiger partial charge in [-0.2, -0.15) is 0 Å². The highest BCUT2D eigenvalue weighted by Gasteiger charge is 2.07. The predicted octanol–water partition coefficient (Wildman–Crippen LogP) is 3.07. The zero-order chi connectivity index (χ0) is 13.5. The van der Waals surface area contributed by atoms with Gasteiger partial charge < -0.3 is 14.8 Å². The average molecular weight is 316 g/mol. The zero-order valence-electron chi connectivity index (χ0n) is 11.5.